The molecule has 1 atom stereocenters. The standard InChI is InChI=1S/C28H25Cl2N3O3/c1-3-14-36-22-13-10-18(15-23(22)35-2)27-24-25(17-8-11-20(29)12-9-17)31-32-26(24)28(34)33(27)16-19-6-4-5-7-21(19)30/h4-13,15,27H,3,14,16H2,1-2H3,(H,31,32). The molecule has 36 heavy (non-hydrogen) atoms. The molecule has 1 N–H and O–H groups in total. The average molecular weight is 522 g/mol. The van der Waals surface area contributed by atoms with Crippen molar-refractivity contribution in [2.45, 2.75) is 25.9 Å². The van der Waals surface area contributed by atoms with Crippen molar-refractivity contribution in [1.29, 1.82) is 0 Å². The number of nitrogens with one attached hydrogen (secondary N) is 1. The Hall–Kier alpha value is -3.48. The van der Waals surface area contributed by atoms with Crippen LogP contribution in [0.2, 0.25) is 10.0 Å². The second-order valence-electron chi connectivity index (χ2n) is 8.55. The van der Waals surface area contributed by atoms with Crippen LogP contribution in [0.3, 0.4) is 0 Å². The molecule has 0 radical (unpaired) electrons. The van der Waals surface area contributed by atoms with Gasteiger partial charge in [-0.05, 0) is 47.9 Å². The number of hydrogen-bond acceptors (Lipinski definition) is 4. The molecule has 1 unspecified atom stereocenters. The second kappa shape index (κ2) is 10.2. The van der Waals surface area contributed by atoms with Crippen molar-refractivity contribution in [2.75, 3.05) is 13.7 Å². The fourth-order valence-corrected chi connectivity index (χ4v) is 4.85. The smallest absolute Gasteiger partial charge is 0.273 e. The first-order chi connectivity index (χ1) is 17.5. The van der Waals surface area contributed by atoms with Gasteiger partial charge in [-0.2, -0.15) is 5.10 Å². The lowest BCUT2D eigenvalue weighted by molar-refractivity contribution is 0.0730. The van der Waals surface area contributed by atoms with Gasteiger partial charge in [-0.3, -0.25) is 9.89 Å². The van der Waals surface area contributed by atoms with Gasteiger partial charge in [0.1, 0.15) is 5.69 Å². The highest BCUT2D eigenvalue weighted by Crippen LogP contribution is 2.45. The molecule has 2 heterocycles. The summed E-state index contributed by atoms with van der Waals surface area (Å²) in [6.45, 7) is 2.97. The summed E-state index contributed by atoms with van der Waals surface area (Å²) in [7, 11) is 1.61. The summed E-state index contributed by atoms with van der Waals surface area (Å²) in [5.74, 6) is 1.12. The Kier molecular flexibility index (Phi) is 6.90. The third kappa shape index (κ3) is 4.43. The number of rotatable bonds is 8. The highest BCUT2D eigenvalue weighted by molar-refractivity contribution is 6.31. The molecule has 8 heteroatoms. The predicted octanol–water partition coefficient (Wildman–Crippen LogP) is 6.93. The van der Waals surface area contributed by atoms with E-state index in [1.807, 2.05) is 71.6 Å². The first-order valence-electron chi connectivity index (χ1n) is 11.7. The molecule has 4 aromatic rings. The van der Waals surface area contributed by atoms with Crippen LogP contribution in [-0.4, -0.2) is 34.7 Å². The molecular weight excluding hydrogens is 497 g/mol. The number of amides is 1. The normalized spacial score (nSPS) is 14.7. The first kappa shape index (κ1) is 24.2. The minimum absolute atomic E-state index is 0.145. The largest absolute Gasteiger partial charge is 0.493 e. The number of nitrogens with zero attached hydrogens (tertiary/aromatic N) is 2. The zero-order valence-corrected chi connectivity index (χ0v) is 21.4. The molecule has 5 rings (SSSR count). The first-order valence-corrected chi connectivity index (χ1v) is 12.5. The van der Waals surface area contributed by atoms with Crippen LogP contribution in [0.5, 0.6) is 11.5 Å². The molecule has 1 aliphatic heterocycles. The maximum atomic E-state index is 13.7. The third-order valence-corrected chi connectivity index (χ3v) is 6.87. The number of methoxy groups -OCH3 is 1. The van der Waals surface area contributed by atoms with E-state index >= 15 is 0 Å². The Bertz CT molecular complexity index is 1400. The fraction of sp³-hybridized carbons (Fsp3) is 0.214. The Morgan fingerprint density at radius 2 is 1.81 bits per heavy atom. The van der Waals surface area contributed by atoms with Crippen molar-refractivity contribution in [3.05, 3.63) is 99.2 Å². The van der Waals surface area contributed by atoms with E-state index in [1.165, 1.54) is 0 Å². The van der Waals surface area contributed by atoms with Gasteiger partial charge in [-0.15, -0.1) is 0 Å². The molecule has 1 aliphatic rings. The summed E-state index contributed by atoms with van der Waals surface area (Å²) in [5.41, 5.74) is 4.57. The molecule has 1 aromatic heterocycles. The molecule has 184 valence electrons. The minimum Gasteiger partial charge on any atom is -0.493 e. The molecule has 0 saturated heterocycles. The lowest BCUT2D eigenvalue weighted by Crippen LogP contribution is -2.29. The van der Waals surface area contributed by atoms with Gasteiger partial charge >= 0.3 is 0 Å². The van der Waals surface area contributed by atoms with Crippen molar-refractivity contribution in [2.24, 2.45) is 0 Å². The van der Waals surface area contributed by atoms with Gasteiger partial charge in [0.15, 0.2) is 11.5 Å². The van der Waals surface area contributed by atoms with Crippen LogP contribution in [0.15, 0.2) is 66.7 Å². The highest BCUT2D eigenvalue weighted by atomic mass is 35.5. The van der Waals surface area contributed by atoms with Gasteiger partial charge in [0, 0.05) is 27.7 Å². The summed E-state index contributed by atoms with van der Waals surface area (Å²) >= 11 is 12.6. The van der Waals surface area contributed by atoms with Gasteiger partial charge in [0.2, 0.25) is 0 Å². The van der Waals surface area contributed by atoms with Crippen molar-refractivity contribution < 1.29 is 14.3 Å². The van der Waals surface area contributed by atoms with Crippen molar-refractivity contribution >= 4 is 29.1 Å². The minimum atomic E-state index is -0.415. The zero-order chi connectivity index (χ0) is 25.2. The van der Waals surface area contributed by atoms with Gasteiger partial charge in [0.05, 0.1) is 25.5 Å². The van der Waals surface area contributed by atoms with Crippen LogP contribution in [0, 0.1) is 0 Å². The molecule has 0 spiro atoms. The molecular formula is C28H25Cl2N3O3. The van der Waals surface area contributed by atoms with Crippen LogP contribution in [-0.2, 0) is 6.54 Å². The molecule has 0 bridgehead atoms. The molecule has 6 nitrogen and oxygen atoms in total. The maximum absolute atomic E-state index is 13.7. The molecule has 0 fully saturated rings. The number of halogens is 2. The van der Waals surface area contributed by atoms with Gasteiger partial charge in [0.25, 0.3) is 5.91 Å². The number of ether oxygens (including phenoxy) is 2. The van der Waals surface area contributed by atoms with E-state index in [4.69, 9.17) is 32.7 Å². The number of aromatic nitrogens is 2. The molecule has 0 saturated carbocycles. The van der Waals surface area contributed by atoms with Crippen molar-refractivity contribution in [1.82, 2.24) is 15.1 Å². The fourth-order valence-electron chi connectivity index (χ4n) is 4.53. The van der Waals surface area contributed by atoms with Gasteiger partial charge in [-0.1, -0.05) is 66.5 Å². The number of carbonyl (C=O) groups excluding carboxylic acids is 1. The zero-order valence-electron chi connectivity index (χ0n) is 19.9. The van der Waals surface area contributed by atoms with Crippen LogP contribution in [0.1, 0.15) is 46.6 Å². The van der Waals surface area contributed by atoms with Crippen LogP contribution >= 0.6 is 23.2 Å². The maximum Gasteiger partial charge on any atom is 0.273 e. The SMILES string of the molecule is CCCOc1ccc(C2c3c(-c4ccc(Cl)cc4)n[nH]c3C(=O)N2Cc2ccccc2Cl)cc1OC. The lowest BCUT2D eigenvalue weighted by atomic mass is 9.95. The number of H-pyrrole nitrogens is 1. The Morgan fingerprint density at radius 3 is 2.53 bits per heavy atom. The molecule has 0 aliphatic carbocycles. The number of hydrogen-bond donors (Lipinski definition) is 1. The van der Waals surface area contributed by atoms with Crippen molar-refractivity contribution in [3.8, 4) is 22.8 Å². The molecule has 3 aromatic carbocycles. The lowest BCUT2D eigenvalue weighted by Gasteiger charge is -2.27. The predicted molar refractivity (Wildman–Crippen MR) is 141 cm³/mol. The van der Waals surface area contributed by atoms with E-state index in [2.05, 4.69) is 17.1 Å². The average Bonchev–Trinajstić information content (AvgIpc) is 3.43. The topological polar surface area (TPSA) is 67.5 Å². The number of benzene rings is 3. The van der Waals surface area contributed by atoms with Crippen LogP contribution in [0.25, 0.3) is 11.3 Å². The van der Waals surface area contributed by atoms with E-state index in [0.29, 0.717) is 46.1 Å². The Balaban J connectivity index is 1.64. The Labute approximate surface area is 219 Å². The summed E-state index contributed by atoms with van der Waals surface area (Å²) in [6.07, 6.45) is 0.885. The van der Waals surface area contributed by atoms with Gasteiger partial charge in [-0.25, -0.2) is 0 Å². The van der Waals surface area contributed by atoms with Crippen molar-refractivity contribution in [3.63, 3.8) is 0 Å². The van der Waals surface area contributed by atoms with Gasteiger partial charge < -0.3 is 14.4 Å². The summed E-state index contributed by atoms with van der Waals surface area (Å²) in [4.78, 5) is 15.5. The van der Waals surface area contributed by atoms with Crippen LogP contribution in [0.4, 0.5) is 0 Å². The number of carbonyl (C=O) groups is 1. The number of fused-ring (bicyclic) bond motifs is 1. The molecule has 1 amide bonds. The van der Waals surface area contributed by atoms with E-state index in [1.54, 1.807) is 7.11 Å². The van der Waals surface area contributed by atoms with E-state index in [9.17, 15) is 4.79 Å². The number of aromatic amines is 1. The second-order valence-corrected chi connectivity index (χ2v) is 9.40. The summed E-state index contributed by atoms with van der Waals surface area (Å²) < 4.78 is 11.5. The summed E-state index contributed by atoms with van der Waals surface area (Å²) in [6, 6.07) is 20.4. The monoisotopic (exact) mass is 521 g/mol. The Morgan fingerprint density at radius 1 is 1.03 bits per heavy atom. The summed E-state index contributed by atoms with van der Waals surface area (Å²) in [5, 5.41) is 8.75. The highest BCUT2D eigenvalue weighted by Gasteiger charge is 2.42. The third-order valence-electron chi connectivity index (χ3n) is 6.25. The van der Waals surface area contributed by atoms with E-state index < -0.39 is 6.04 Å². The van der Waals surface area contributed by atoms with Crippen LogP contribution < -0.4 is 9.47 Å². The quantitative estimate of drug-likeness (QED) is 0.273. The van der Waals surface area contributed by atoms with E-state index in [-0.39, 0.29) is 5.91 Å². The van der Waals surface area contributed by atoms with E-state index in [0.717, 1.165) is 28.7 Å².